The van der Waals surface area contributed by atoms with Gasteiger partial charge in [-0.25, -0.2) is 22.5 Å². The number of aryl methyl sites for hydroxylation is 1. The van der Waals surface area contributed by atoms with E-state index in [9.17, 15) is 17.6 Å². The molecule has 11 heteroatoms. The van der Waals surface area contributed by atoms with Gasteiger partial charge in [0, 0.05) is 11.3 Å². The van der Waals surface area contributed by atoms with E-state index in [1.807, 2.05) is 0 Å². The fourth-order valence-electron chi connectivity index (χ4n) is 4.10. The Hall–Kier alpha value is -2.79. The number of halogens is 1. The van der Waals surface area contributed by atoms with Crippen molar-refractivity contribution < 1.29 is 17.6 Å². The van der Waals surface area contributed by atoms with Crippen molar-refractivity contribution in [3.8, 4) is 11.3 Å². The summed E-state index contributed by atoms with van der Waals surface area (Å²) in [7, 11) is -3.16. The van der Waals surface area contributed by atoms with Crippen LogP contribution >= 0.6 is 11.8 Å². The van der Waals surface area contributed by atoms with Crippen LogP contribution in [-0.4, -0.2) is 58.1 Å². The fraction of sp³-hybridized carbons (Fsp3) is 0.333. The molecule has 0 saturated carbocycles. The number of fused-ring (bicyclic) bond motifs is 1. The molecule has 8 nitrogen and oxygen atoms in total. The number of benzene rings is 1. The molecule has 0 aliphatic carbocycles. The number of hydrogen-bond donors (Lipinski definition) is 1. The molecule has 2 aliphatic rings. The van der Waals surface area contributed by atoms with Crippen LogP contribution in [0, 0.1) is 12.7 Å². The van der Waals surface area contributed by atoms with Crippen molar-refractivity contribution in [2.24, 2.45) is 4.99 Å². The maximum absolute atomic E-state index is 14.6. The van der Waals surface area contributed by atoms with Crippen molar-refractivity contribution in [3.63, 3.8) is 0 Å². The number of aromatic nitrogens is 3. The third-order valence-corrected chi connectivity index (χ3v) is 8.23. The van der Waals surface area contributed by atoms with Crippen molar-refractivity contribution >= 4 is 43.7 Å². The van der Waals surface area contributed by atoms with Crippen LogP contribution in [0.1, 0.15) is 28.5 Å². The summed E-state index contributed by atoms with van der Waals surface area (Å²) in [6.45, 7) is 2.39. The Balaban J connectivity index is 1.70. The highest BCUT2D eigenvalue weighted by Crippen LogP contribution is 2.32. The minimum absolute atomic E-state index is 0.0379. The number of amidine groups is 1. The predicted octanol–water partition coefficient (Wildman–Crippen LogP) is 2.74. The lowest BCUT2D eigenvalue weighted by molar-refractivity contribution is 0.0979. The highest BCUT2D eigenvalue weighted by atomic mass is 32.2. The molecule has 2 aromatic heterocycles. The van der Waals surface area contributed by atoms with Gasteiger partial charge in [0.1, 0.15) is 5.82 Å². The Labute approximate surface area is 188 Å². The van der Waals surface area contributed by atoms with Crippen LogP contribution in [0.3, 0.4) is 0 Å². The monoisotopic (exact) mass is 473 g/mol. The van der Waals surface area contributed by atoms with E-state index in [1.54, 1.807) is 35.9 Å². The molecule has 1 atom stereocenters. The molecule has 5 rings (SSSR count). The molecule has 1 saturated heterocycles. The van der Waals surface area contributed by atoms with Gasteiger partial charge in [0.05, 0.1) is 46.4 Å². The minimum Gasteiger partial charge on any atom is -0.301 e. The molecule has 1 amide bonds. The quantitative estimate of drug-likeness (QED) is 0.627. The van der Waals surface area contributed by atoms with Crippen molar-refractivity contribution in [1.82, 2.24) is 20.1 Å². The number of aliphatic imine (C=N–C) groups is 1. The standard InChI is InChI=1S/C21H20FN5O3S2/c1-12-18-15(20(28)25-21-23-7-8-31-21)10-17(14-4-2-3-5-16(14)22)24-19(18)27(26-12)13-6-9-32(29,30)11-13/h2-5,10,13H,6-9,11H2,1H3,(H,23,25,28). The molecule has 4 heterocycles. The second-order valence-electron chi connectivity index (χ2n) is 7.81. The SMILES string of the molecule is Cc1nn(C2CCS(=O)(=O)C2)c2nc(-c3ccccc3F)cc(C(=O)NC3=NCCS3)c12. The van der Waals surface area contributed by atoms with Crippen LogP contribution in [0.25, 0.3) is 22.3 Å². The zero-order valence-electron chi connectivity index (χ0n) is 17.2. The summed E-state index contributed by atoms with van der Waals surface area (Å²) < 4.78 is 40.3. The Kier molecular flexibility index (Phi) is 5.25. The van der Waals surface area contributed by atoms with Crippen LogP contribution in [0.5, 0.6) is 0 Å². The largest absolute Gasteiger partial charge is 0.301 e. The Morgan fingerprint density at radius 1 is 1.31 bits per heavy atom. The maximum Gasteiger partial charge on any atom is 0.258 e. The zero-order valence-corrected chi connectivity index (χ0v) is 18.8. The number of amides is 1. The summed E-state index contributed by atoms with van der Waals surface area (Å²) in [4.78, 5) is 22.1. The van der Waals surface area contributed by atoms with Gasteiger partial charge in [-0.2, -0.15) is 5.10 Å². The zero-order chi connectivity index (χ0) is 22.5. The molecule has 0 radical (unpaired) electrons. The van der Waals surface area contributed by atoms with Gasteiger partial charge in [0.15, 0.2) is 20.7 Å². The third-order valence-electron chi connectivity index (χ3n) is 5.59. The lowest BCUT2D eigenvalue weighted by Gasteiger charge is -2.12. The number of hydrogen-bond acceptors (Lipinski definition) is 7. The van der Waals surface area contributed by atoms with E-state index in [4.69, 9.17) is 0 Å². The highest BCUT2D eigenvalue weighted by Gasteiger charge is 2.32. The molecule has 0 bridgehead atoms. The van der Waals surface area contributed by atoms with Gasteiger partial charge in [0.2, 0.25) is 0 Å². The lowest BCUT2D eigenvalue weighted by atomic mass is 10.0. The van der Waals surface area contributed by atoms with Crippen molar-refractivity contribution in [2.75, 3.05) is 23.8 Å². The van der Waals surface area contributed by atoms with Gasteiger partial charge in [0.25, 0.3) is 5.91 Å². The summed E-state index contributed by atoms with van der Waals surface area (Å²) in [5.74, 6) is -0.00805. The highest BCUT2D eigenvalue weighted by molar-refractivity contribution is 8.14. The van der Waals surface area contributed by atoms with Gasteiger partial charge < -0.3 is 5.32 Å². The second kappa shape index (κ2) is 7.96. The Morgan fingerprint density at radius 3 is 2.81 bits per heavy atom. The molecule has 2 aliphatic heterocycles. The van der Waals surface area contributed by atoms with Crippen molar-refractivity contribution in [2.45, 2.75) is 19.4 Å². The number of pyridine rings is 1. The van der Waals surface area contributed by atoms with Gasteiger partial charge in [-0.05, 0) is 31.5 Å². The van der Waals surface area contributed by atoms with Gasteiger partial charge in [-0.3, -0.25) is 9.79 Å². The summed E-state index contributed by atoms with van der Waals surface area (Å²) in [6.07, 6.45) is 0.416. The van der Waals surface area contributed by atoms with Gasteiger partial charge in [-0.1, -0.05) is 23.9 Å². The molecule has 1 N–H and O–H groups in total. The second-order valence-corrected chi connectivity index (χ2v) is 11.1. The first-order valence-electron chi connectivity index (χ1n) is 10.2. The molecule has 32 heavy (non-hydrogen) atoms. The van der Waals surface area contributed by atoms with Crippen LogP contribution in [0.2, 0.25) is 0 Å². The normalized spacial score (nSPS) is 19.9. The first-order valence-corrected chi connectivity index (χ1v) is 13.0. The number of carbonyl (C=O) groups is 1. The van der Waals surface area contributed by atoms with E-state index >= 15 is 0 Å². The van der Waals surface area contributed by atoms with E-state index in [2.05, 4.69) is 20.4 Å². The first kappa shape index (κ1) is 21.1. The Morgan fingerprint density at radius 2 is 2.12 bits per heavy atom. The molecule has 1 aromatic carbocycles. The fourth-order valence-corrected chi connectivity index (χ4v) is 6.51. The van der Waals surface area contributed by atoms with E-state index in [-0.39, 0.29) is 34.7 Å². The molecular weight excluding hydrogens is 453 g/mol. The van der Waals surface area contributed by atoms with Crippen molar-refractivity contribution in [3.05, 3.63) is 47.4 Å². The Bertz CT molecular complexity index is 1380. The predicted molar refractivity (Wildman–Crippen MR) is 122 cm³/mol. The lowest BCUT2D eigenvalue weighted by Crippen LogP contribution is -2.27. The number of thioether (sulfide) groups is 1. The molecule has 1 unspecified atom stereocenters. The third kappa shape index (κ3) is 3.79. The van der Waals surface area contributed by atoms with E-state index < -0.39 is 15.7 Å². The molecule has 166 valence electrons. The average Bonchev–Trinajstić information content (AvgIpc) is 3.47. The maximum atomic E-state index is 14.6. The summed E-state index contributed by atoms with van der Waals surface area (Å²) in [5, 5.41) is 8.43. The van der Waals surface area contributed by atoms with Gasteiger partial charge in [-0.15, -0.1) is 0 Å². The van der Waals surface area contributed by atoms with Gasteiger partial charge >= 0.3 is 0 Å². The number of carbonyl (C=O) groups excluding carboxylic acids is 1. The number of nitrogens with zero attached hydrogens (tertiary/aromatic N) is 4. The number of rotatable bonds is 3. The molecular formula is C21H20FN5O3S2. The van der Waals surface area contributed by atoms with Crippen LogP contribution in [0.15, 0.2) is 35.3 Å². The summed E-state index contributed by atoms with van der Waals surface area (Å²) >= 11 is 1.46. The first-order chi connectivity index (χ1) is 15.3. The number of sulfone groups is 1. The van der Waals surface area contributed by atoms with E-state index in [0.29, 0.717) is 40.4 Å². The van der Waals surface area contributed by atoms with E-state index in [0.717, 1.165) is 5.75 Å². The van der Waals surface area contributed by atoms with Crippen LogP contribution < -0.4 is 5.32 Å². The smallest absolute Gasteiger partial charge is 0.258 e. The average molecular weight is 474 g/mol. The molecule has 0 spiro atoms. The van der Waals surface area contributed by atoms with Crippen molar-refractivity contribution in [1.29, 1.82) is 0 Å². The summed E-state index contributed by atoms with van der Waals surface area (Å²) in [5.41, 5.74) is 1.76. The topological polar surface area (TPSA) is 106 Å². The number of nitrogens with one attached hydrogen (secondary N) is 1. The molecule has 3 aromatic rings. The minimum atomic E-state index is -3.16. The van der Waals surface area contributed by atoms with E-state index in [1.165, 1.54) is 17.8 Å². The van der Waals surface area contributed by atoms with Crippen LogP contribution in [-0.2, 0) is 9.84 Å². The molecule has 1 fully saturated rings. The van der Waals surface area contributed by atoms with Crippen LogP contribution in [0.4, 0.5) is 4.39 Å². The summed E-state index contributed by atoms with van der Waals surface area (Å²) in [6, 6.07) is 7.37.